The number of carbonyl (C=O) groups is 1. The summed E-state index contributed by atoms with van der Waals surface area (Å²) in [6.07, 6.45) is 3.40. The summed E-state index contributed by atoms with van der Waals surface area (Å²) < 4.78 is 0. The molecule has 2 saturated heterocycles. The predicted molar refractivity (Wildman–Crippen MR) is 51.4 cm³/mol. The van der Waals surface area contributed by atoms with Crippen LogP contribution in [0.5, 0.6) is 0 Å². The van der Waals surface area contributed by atoms with E-state index in [0.29, 0.717) is 11.9 Å². The molecule has 0 aromatic carbocycles. The molecular formula is C10H18N2O. The summed E-state index contributed by atoms with van der Waals surface area (Å²) in [5, 5.41) is 3.24. The molecule has 3 nitrogen and oxygen atoms in total. The van der Waals surface area contributed by atoms with Crippen LogP contribution < -0.4 is 5.32 Å². The Kier molecular flexibility index (Phi) is 2.54. The lowest BCUT2D eigenvalue weighted by Crippen LogP contribution is -2.38. The van der Waals surface area contributed by atoms with Crippen LogP contribution in [0.15, 0.2) is 0 Å². The topological polar surface area (TPSA) is 32.3 Å². The maximum atomic E-state index is 11.9. The second kappa shape index (κ2) is 3.66. The van der Waals surface area contributed by atoms with E-state index in [0.717, 1.165) is 26.1 Å². The number of likely N-dealkylation sites (tertiary alicyclic amines) is 1. The van der Waals surface area contributed by atoms with E-state index in [1.165, 1.54) is 12.8 Å². The largest absolute Gasteiger partial charge is 0.340 e. The van der Waals surface area contributed by atoms with Crippen LogP contribution in [-0.2, 0) is 4.79 Å². The summed E-state index contributed by atoms with van der Waals surface area (Å²) in [6, 6.07) is 0.480. The Balaban J connectivity index is 1.95. The molecule has 1 N–H and O–H groups in total. The molecule has 2 aliphatic rings. The zero-order chi connectivity index (χ0) is 9.26. The molecule has 0 unspecified atom stereocenters. The van der Waals surface area contributed by atoms with Crippen molar-refractivity contribution in [2.24, 2.45) is 5.92 Å². The van der Waals surface area contributed by atoms with Gasteiger partial charge in [-0.25, -0.2) is 0 Å². The highest BCUT2D eigenvalue weighted by Gasteiger charge is 2.31. The zero-order valence-electron chi connectivity index (χ0n) is 8.25. The highest BCUT2D eigenvalue weighted by atomic mass is 16.2. The number of hydrogen-bond acceptors (Lipinski definition) is 2. The summed E-state index contributed by atoms with van der Waals surface area (Å²) in [4.78, 5) is 14.0. The predicted octanol–water partition coefficient (Wildman–Crippen LogP) is 0.607. The van der Waals surface area contributed by atoms with Crippen LogP contribution in [0.25, 0.3) is 0 Å². The summed E-state index contributed by atoms with van der Waals surface area (Å²) in [5.74, 6) is 0.649. The van der Waals surface area contributed by atoms with Crippen LogP contribution >= 0.6 is 0 Å². The number of nitrogens with one attached hydrogen (secondary N) is 1. The van der Waals surface area contributed by atoms with Crippen LogP contribution in [0.4, 0.5) is 0 Å². The second-order valence-corrected chi connectivity index (χ2v) is 4.21. The number of carbonyl (C=O) groups excluding carboxylic acids is 1. The van der Waals surface area contributed by atoms with E-state index in [4.69, 9.17) is 0 Å². The average Bonchev–Trinajstić information content (AvgIpc) is 2.72. The Morgan fingerprint density at radius 1 is 1.46 bits per heavy atom. The average molecular weight is 182 g/mol. The van der Waals surface area contributed by atoms with Gasteiger partial charge in [-0.1, -0.05) is 0 Å². The minimum Gasteiger partial charge on any atom is -0.340 e. The molecule has 2 rings (SSSR count). The van der Waals surface area contributed by atoms with Gasteiger partial charge in [0.15, 0.2) is 0 Å². The highest BCUT2D eigenvalue weighted by Crippen LogP contribution is 2.21. The third-order valence-corrected chi connectivity index (χ3v) is 3.25. The second-order valence-electron chi connectivity index (χ2n) is 4.21. The fourth-order valence-electron chi connectivity index (χ4n) is 2.36. The molecule has 0 aromatic rings. The molecule has 2 heterocycles. The van der Waals surface area contributed by atoms with Gasteiger partial charge in [-0.3, -0.25) is 4.79 Å². The van der Waals surface area contributed by atoms with Crippen molar-refractivity contribution in [3.05, 3.63) is 0 Å². The molecule has 2 atom stereocenters. The molecule has 0 spiro atoms. The van der Waals surface area contributed by atoms with E-state index >= 15 is 0 Å². The molecule has 74 valence electrons. The Labute approximate surface area is 79.5 Å². The first-order valence-corrected chi connectivity index (χ1v) is 5.30. The van der Waals surface area contributed by atoms with Crippen LogP contribution in [0.3, 0.4) is 0 Å². The van der Waals surface area contributed by atoms with Gasteiger partial charge in [-0.2, -0.15) is 0 Å². The molecule has 2 fully saturated rings. The molecule has 0 bridgehead atoms. The van der Waals surface area contributed by atoms with Gasteiger partial charge >= 0.3 is 0 Å². The normalized spacial score (nSPS) is 34.1. The number of amides is 1. The lowest BCUT2D eigenvalue weighted by atomic mass is 10.1. The van der Waals surface area contributed by atoms with Crippen LogP contribution in [0, 0.1) is 5.92 Å². The quantitative estimate of drug-likeness (QED) is 0.644. The van der Waals surface area contributed by atoms with Crippen LogP contribution in [-0.4, -0.2) is 36.5 Å². The minimum atomic E-state index is 0.264. The van der Waals surface area contributed by atoms with E-state index in [1.54, 1.807) is 0 Å². The highest BCUT2D eigenvalue weighted by molar-refractivity contribution is 5.80. The third kappa shape index (κ3) is 1.70. The van der Waals surface area contributed by atoms with Crippen molar-refractivity contribution in [3.63, 3.8) is 0 Å². The van der Waals surface area contributed by atoms with Crippen molar-refractivity contribution < 1.29 is 4.79 Å². The van der Waals surface area contributed by atoms with Gasteiger partial charge in [-0.15, -0.1) is 0 Å². The fraction of sp³-hybridized carbons (Fsp3) is 0.900. The van der Waals surface area contributed by atoms with Crippen LogP contribution in [0.1, 0.15) is 26.2 Å². The minimum absolute atomic E-state index is 0.264. The van der Waals surface area contributed by atoms with Crippen LogP contribution in [0.2, 0.25) is 0 Å². The first-order chi connectivity index (χ1) is 6.29. The van der Waals surface area contributed by atoms with E-state index in [1.807, 2.05) is 0 Å². The number of nitrogens with zero attached hydrogens (tertiary/aromatic N) is 1. The van der Waals surface area contributed by atoms with Crippen molar-refractivity contribution in [3.8, 4) is 0 Å². The molecule has 0 aliphatic carbocycles. The Morgan fingerprint density at radius 2 is 2.31 bits per heavy atom. The van der Waals surface area contributed by atoms with Gasteiger partial charge in [0.1, 0.15) is 0 Å². The molecule has 2 aliphatic heterocycles. The maximum Gasteiger partial charge on any atom is 0.227 e. The SMILES string of the molecule is C[C@H]1CCCN1C(=O)[C@@H]1CCNC1. The smallest absolute Gasteiger partial charge is 0.227 e. The number of hydrogen-bond donors (Lipinski definition) is 1. The van der Waals surface area contributed by atoms with E-state index in [9.17, 15) is 4.79 Å². The molecule has 0 aromatic heterocycles. The lowest BCUT2D eigenvalue weighted by Gasteiger charge is -2.24. The summed E-state index contributed by atoms with van der Waals surface area (Å²) >= 11 is 0. The Bertz CT molecular complexity index is 199. The zero-order valence-corrected chi connectivity index (χ0v) is 8.25. The molecule has 3 heteroatoms. The van der Waals surface area contributed by atoms with Crippen molar-refractivity contribution >= 4 is 5.91 Å². The number of rotatable bonds is 1. The fourth-order valence-corrected chi connectivity index (χ4v) is 2.36. The lowest BCUT2D eigenvalue weighted by molar-refractivity contribution is -0.135. The maximum absolute atomic E-state index is 11.9. The summed E-state index contributed by atoms with van der Waals surface area (Å²) in [7, 11) is 0. The van der Waals surface area contributed by atoms with Crippen molar-refractivity contribution in [1.82, 2.24) is 10.2 Å². The first kappa shape index (κ1) is 9.00. The Morgan fingerprint density at radius 3 is 2.85 bits per heavy atom. The van der Waals surface area contributed by atoms with E-state index in [-0.39, 0.29) is 5.92 Å². The van der Waals surface area contributed by atoms with E-state index < -0.39 is 0 Å². The molecule has 1 amide bonds. The summed E-state index contributed by atoms with van der Waals surface area (Å²) in [6.45, 7) is 5.05. The van der Waals surface area contributed by atoms with Gasteiger partial charge in [0.05, 0.1) is 5.92 Å². The van der Waals surface area contributed by atoms with Gasteiger partial charge < -0.3 is 10.2 Å². The third-order valence-electron chi connectivity index (χ3n) is 3.25. The monoisotopic (exact) mass is 182 g/mol. The van der Waals surface area contributed by atoms with Crippen molar-refractivity contribution in [1.29, 1.82) is 0 Å². The molecule has 0 radical (unpaired) electrons. The van der Waals surface area contributed by atoms with Gasteiger partial charge in [0.2, 0.25) is 5.91 Å². The molecular weight excluding hydrogens is 164 g/mol. The van der Waals surface area contributed by atoms with Gasteiger partial charge in [0.25, 0.3) is 0 Å². The molecule has 0 saturated carbocycles. The van der Waals surface area contributed by atoms with Crippen molar-refractivity contribution in [2.45, 2.75) is 32.2 Å². The van der Waals surface area contributed by atoms with Gasteiger partial charge in [0, 0.05) is 19.1 Å². The van der Waals surface area contributed by atoms with Gasteiger partial charge in [-0.05, 0) is 32.7 Å². The molecule has 13 heavy (non-hydrogen) atoms. The Hall–Kier alpha value is -0.570. The first-order valence-electron chi connectivity index (χ1n) is 5.30. The van der Waals surface area contributed by atoms with Crippen molar-refractivity contribution in [2.75, 3.05) is 19.6 Å². The summed E-state index contributed by atoms with van der Waals surface area (Å²) in [5.41, 5.74) is 0. The van der Waals surface area contributed by atoms with E-state index in [2.05, 4.69) is 17.1 Å². The standard InChI is InChI=1S/C10H18N2O/c1-8-3-2-6-12(8)10(13)9-4-5-11-7-9/h8-9,11H,2-7H2,1H3/t8-,9+/m0/s1.